The second-order valence-corrected chi connectivity index (χ2v) is 5.35. The first-order chi connectivity index (χ1) is 10.1. The molecule has 0 saturated carbocycles. The van der Waals surface area contributed by atoms with Crippen LogP contribution in [0.15, 0.2) is 42.5 Å². The largest absolute Gasteiger partial charge is 0.345 e. The van der Waals surface area contributed by atoms with E-state index in [0.717, 1.165) is 11.0 Å². The molecule has 1 aromatic heterocycles. The SMILES string of the molecule is O=C(NCc1nc2ccccc2[nH]1)c1ccc(Cl)cc1Cl. The summed E-state index contributed by atoms with van der Waals surface area (Å²) in [6, 6.07) is 12.5. The van der Waals surface area contributed by atoms with E-state index in [1.807, 2.05) is 24.3 Å². The Labute approximate surface area is 131 Å². The number of hydrogen-bond donors (Lipinski definition) is 2. The molecule has 3 rings (SSSR count). The summed E-state index contributed by atoms with van der Waals surface area (Å²) in [5.41, 5.74) is 2.19. The molecule has 0 unspecified atom stereocenters. The number of carbonyl (C=O) groups is 1. The number of benzene rings is 2. The molecule has 0 atom stereocenters. The monoisotopic (exact) mass is 319 g/mol. The molecule has 4 nitrogen and oxygen atoms in total. The first-order valence-corrected chi connectivity index (χ1v) is 7.06. The number of hydrogen-bond acceptors (Lipinski definition) is 2. The highest BCUT2D eigenvalue weighted by Gasteiger charge is 2.11. The van der Waals surface area contributed by atoms with Gasteiger partial charge in [0.15, 0.2) is 0 Å². The van der Waals surface area contributed by atoms with Gasteiger partial charge in [0.1, 0.15) is 5.82 Å². The van der Waals surface area contributed by atoms with Crippen LogP contribution in [-0.4, -0.2) is 15.9 Å². The number of aromatic nitrogens is 2. The third-order valence-electron chi connectivity index (χ3n) is 3.03. The van der Waals surface area contributed by atoms with Gasteiger partial charge in [-0.1, -0.05) is 35.3 Å². The summed E-state index contributed by atoms with van der Waals surface area (Å²) in [7, 11) is 0. The summed E-state index contributed by atoms with van der Waals surface area (Å²) in [6.07, 6.45) is 0. The molecule has 2 aromatic carbocycles. The van der Waals surface area contributed by atoms with E-state index in [1.165, 1.54) is 0 Å². The van der Waals surface area contributed by atoms with Crippen molar-refractivity contribution in [3.8, 4) is 0 Å². The third-order valence-corrected chi connectivity index (χ3v) is 3.58. The predicted molar refractivity (Wildman–Crippen MR) is 83.7 cm³/mol. The third kappa shape index (κ3) is 3.01. The summed E-state index contributed by atoms with van der Waals surface area (Å²) in [4.78, 5) is 19.6. The predicted octanol–water partition coefficient (Wildman–Crippen LogP) is 3.80. The van der Waals surface area contributed by atoms with Gasteiger partial charge in [-0.15, -0.1) is 0 Å². The van der Waals surface area contributed by atoms with E-state index in [1.54, 1.807) is 18.2 Å². The number of nitrogens with zero attached hydrogens (tertiary/aromatic N) is 1. The fourth-order valence-electron chi connectivity index (χ4n) is 2.02. The number of amides is 1. The van der Waals surface area contributed by atoms with Crippen molar-refractivity contribution in [1.82, 2.24) is 15.3 Å². The normalized spacial score (nSPS) is 10.8. The fourth-order valence-corrected chi connectivity index (χ4v) is 2.52. The van der Waals surface area contributed by atoms with Gasteiger partial charge in [-0.25, -0.2) is 4.98 Å². The van der Waals surface area contributed by atoms with Crippen molar-refractivity contribution in [2.24, 2.45) is 0 Å². The minimum absolute atomic E-state index is 0.267. The van der Waals surface area contributed by atoms with Crippen molar-refractivity contribution < 1.29 is 4.79 Å². The zero-order valence-corrected chi connectivity index (χ0v) is 12.4. The van der Waals surface area contributed by atoms with Crippen LogP contribution >= 0.6 is 23.2 Å². The van der Waals surface area contributed by atoms with Crippen molar-refractivity contribution >= 4 is 40.1 Å². The van der Waals surface area contributed by atoms with Crippen LogP contribution in [0.3, 0.4) is 0 Å². The molecule has 6 heteroatoms. The maximum absolute atomic E-state index is 12.1. The number of nitrogens with one attached hydrogen (secondary N) is 2. The standard InChI is InChI=1S/C15H11Cl2N3O/c16-9-5-6-10(11(17)7-9)15(21)18-8-14-19-12-3-1-2-4-13(12)20-14/h1-7H,8H2,(H,18,21)(H,19,20). The molecule has 0 aliphatic heterocycles. The summed E-state index contributed by atoms with van der Waals surface area (Å²) in [5.74, 6) is 0.423. The second kappa shape index (κ2) is 5.76. The molecule has 1 heterocycles. The van der Waals surface area contributed by atoms with E-state index in [4.69, 9.17) is 23.2 Å². The summed E-state index contributed by atoms with van der Waals surface area (Å²) < 4.78 is 0. The lowest BCUT2D eigenvalue weighted by atomic mass is 10.2. The van der Waals surface area contributed by atoms with Gasteiger partial charge in [-0.2, -0.15) is 0 Å². The Hall–Kier alpha value is -2.04. The molecule has 21 heavy (non-hydrogen) atoms. The maximum atomic E-state index is 12.1. The van der Waals surface area contributed by atoms with Crippen molar-refractivity contribution in [2.75, 3.05) is 0 Å². The molecule has 1 amide bonds. The summed E-state index contributed by atoms with van der Waals surface area (Å²) >= 11 is 11.8. The first-order valence-electron chi connectivity index (χ1n) is 6.30. The first kappa shape index (κ1) is 13.9. The van der Waals surface area contributed by atoms with E-state index in [0.29, 0.717) is 28.0 Å². The topological polar surface area (TPSA) is 57.8 Å². The minimum atomic E-state index is -0.267. The Kier molecular flexibility index (Phi) is 3.82. The number of aromatic amines is 1. The molecular weight excluding hydrogens is 309 g/mol. The van der Waals surface area contributed by atoms with E-state index >= 15 is 0 Å². The van der Waals surface area contributed by atoms with Crippen LogP contribution in [-0.2, 0) is 6.54 Å². The van der Waals surface area contributed by atoms with Crippen LogP contribution in [0.1, 0.15) is 16.2 Å². The number of rotatable bonds is 3. The lowest BCUT2D eigenvalue weighted by Gasteiger charge is -2.05. The molecule has 0 spiro atoms. The van der Waals surface area contributed by atoms with Gasteiger partial charge in [0, 0.05) is 5.02 Å². The molecule has 106 valence electrons. The highest BCUT2D eigenvalue weighted by Crippen LogP contribution is 2.20. The van der Waals surface area contributed by atoms with Gasteiger partial charge in [-0.05, 0) is 30.3 Å². The molecule has 2 N–H and O–H groups in total. The second-order valence-electron chi connectivity index (χ2n) is 4.51. The molecule has 0 fully saturated rings. The number of fused-ring (bicyclic) bond motifs is 1. The maximum Gasteiger partial charge on any atom is 0.253 e. The summed E-state index contributed by atoms with van der Waals surface area (Å²) in [5, 5.41) is 3.59. The van der Waals surface area contributed by atoms with E-state index in [2.05, 4.69) is 15.3 Å². The average Bonchev–Trinajstić information content (AvgIpc) is 2.87. The van der Waals surface area contributed by atoms with Crippen molar-refractivity contribution in [2.45, 2.75) is 6.54 Å². The quantitative estimate of drug-likeness (QED) is 0.771. The number of imidazole rings is 1. The van der Waals surface area contributed by atoms with Crippen LogP contribution in [0, 0.1) is 0 Å². The Morgan fingerprint density at radius 2 is 2.00 bits per heavy atom. The Morgan fingerprint density at radius 1 is 1.19 bits per heavy atom. The smallest absolute Gasteiger partial charge is 0.253 e. The lowest BCUT2D eigenvalue weighted by Crippen LogP contribution is -2.23. The summed E-state index contributed by atoms with van der Waals surface area (Å²) in [6.45, 7) is 0.298. The number of carbonyl (C=O) groups excluding carboxylic acids is 1. The zero-order valence-electron chi connectivity index (χ0n) is 10.9. The average molecular weight is 320 g/mol. The molecule has 0 saturated heterocycles. The Morgan fingerprint density at radius 3 is 2.76 bits per heavy atom. The molecule has 0 bridgehead atoms. The zero-order chi connectivity index (χ0) is 14.8. The number of halogens is 2. The van der Waals surface area contributed by atoms with E-state index in [-0.39, 0.29) is 5.91 Å². The van der Waals surface area contributed by atoms with Crippen LogP contribution in [0.5, 0.6) is 0 Å². The van der Waals surface area contributed by atoms with Crippen molar-refractivity contribution in [1.29, 1.82) is 0 Å². The van der Waals surface area contributed by atoms with Gasteiger partial charge in [-0.3, -0.25) is 4.79 Å². The van der Waals surface area contributed by atoms with Crippen LogP contribution in [0.2, 0.25) is 10.0 Å². The molecule has 3 aromatic rings. The van der Waals surface area contributed by atoms with E-state index < -0.39 is 0 Å². The Bertz CT molecular complexity index is 781. The highest BCUT2D eigenvalue weighted by molar-refractivity contribution is 6.36. The van der Waals surface area contributed by atoms with Gasteiger partial charge in [0.25, 0.3) is 5.91 Å². The van der Waals surface area contributed by atoms with Crippen LogP contribution < -0.4 is 5.32 Å². The van der Waals surface area contributed by atoms with Gasteiger partial charge < -0.3 is 10.3 Å². The van der Waals surface area contributed by atoms with Crippen molar-refractivity contribution in [3.05, 3.63) is 63.9 Å². The number of H-pyrrole nitrogens is 1. The molecule has 0 aliphatic rings. The van der Waals surface area contributed by atoms with Gasteiger partial charge >= 0.3 is 0 Å². The van der Waals surface area contributed by atoms with Crippen LogP contribution in [0.25, 0.3) is 11.0 Å². The number of para-hydroxylation sites is 2. The molecular formula is C15H11Cl2N3O. The fraction of sp³-hybridized carbons (Fsp3) is 0.0667. The van der Waals surface area contributed by atoms with E-state index in [9.17, 15) is 4.79 Å². The molecule has 0 aliphatic carbocycles. The van der Waals surface area contributed by atoms with Crippen LogP contribution in [0.4, 0.5) is 0 Å². The van der Waals surface area contributed by atoms with Gasteiger partial charge in [0.05, 0.1) is 28.2 Å². The van der Waals surface area contributed by atoms with Gasteiger partial charge in [0.2, 0.25) is 0 Å². The molecule has 0 radical (unpaired) electrons. The van der Waals surface area contributed by atoms with Crippen molar-refractivity contribution in [3.63, 3.8) is 0 Å². The minimum Gasteiger partial charge on any atom is -0.345 e. The Balaban J connectivity index is 1.73. The lowest BCUT2D eigenvalue weighted by molar-refractivity contribution is 0.0950. The highest BCUT2D eigenvalue weighted by atomic mass is 35.5.